The Balaban J connectivity index is 1.03. The predicted octanol–water partition coefficient (Wildman–Crippen LogP) is 2.39. The molecule has 2 aromatic heterocycles. The smallest absolute Gasteiger partial charge is 0.246 e. The van der Waals surface area contributed by atoms with Crippen LogP contribution in [0.25, 0.3) is 21.8 Å². The van der Waals surface area contributed by atoms with Crippen molar-refractivity contribution in [3.63, 3.8) is 0 Å². The van der Waals surface area contributed by atoms with Gasteiger partial charge in [-0.1, -0.05) is 24.3 Å². The third-order valence-electron chi connectivity index (χ3n) is 17.6. The van der Waals surface area contributed by atoms with Gasteiger partial charge in [0.2, 0.25) is 59.1 Å². The maximum absolute atomic E-state index is 16.0. The molecule has 10 atom stereocenters. The molecule has 28 heteroatoms. The van der Waals surface area contributed by atoms with Crippen LogP contribution in [-0.4, -0.2) is 177 Å². The van der Waals surface area contributed by atoms with Crippen LogP contribution in [0.15, 0.2) is 97.3 Å². The number of aliphatic hydroxyl groups is 1. The lowest BCUT2D eigenvalue weighted by atomic mass is 9.94. The lowest BCUT2D eigenvalue weighted by Crippen LogP contribution is -2.64. The zero-order chi connectivity index (χ0) is 68.3. The summed E-state index contributed by atoms with van der Waals surface area (Å²) in [6.45, 7) is 3.58. The highest BCUT2D eigenvalue weighted by atomic mass is 19.1. The second-order valence-electron chi connectivity index (χ2n) is 24.6. The molecule has 95 heavy (non-hydrogen) atoms. The van der Waals surface area contributed by atoms with Gasteiger partial charge in [0.1, 0.15) is 83.7 Å². The van der Waals surface area contributed by atoms with E-state index in [2.05, 4.69) is 47.2 Å². The van der Waals surface area contributed by atoms with Gasteiger partial charge in [0.05, 0.1) is 26.3 Å². The number of halogens is 3. The minimum Gasteiger partial charge on any atom is -0.497 e. The Kier molecular flexibility index (Phi) is 22.5. The van der Waals surface area contributed by atoms with E-state index in [1.807, 2.05) is 0 Å². The molecule has 0 spiro atoms. The number of primary amides is 1. The van der Waals surface area contributed by atoms with Crippen LogP contribution in [0.1, 0.15) is 88.0 Å². The van der Waals surface area contributed by atoms with Gasteiger partial charge in [-0.25, -0.2) is 13.2 Å². The minimum absolute atomic E-state index is 0.0225. The average molecular weight is 1320 g/mol. The molecule has 2 fully saturated rings. The van der Waals surface area contributed by atoms with Crippen molar-refractivity contribution in [3.05, 3.63) is 131 Å². The van der Waals surface area contributed by atoms with Crippen LogP contribution in [0.4, 0.5) is 13.2 Å². The van der Waals surface area contributed by atoms with Gasteiger partial charge in [-0.15, -0.1) is 0 Å². The molecule has 12 N–H and O–H groups in total. The number of amides is 10. The molecule has 6 heterocycles. The van der Waals surface area contributed by atoms with Crippen molar-refractivity contribution >= 4 is 80.9 Å². The van der Waals surface area contributed by atoms with Gasteiger partial charge >= 0.3 is 0 Å². The molecule has 0 aliphatic carbocycles. The summed E-state index contributed by atoms with van der Waals surface area (Å²) in [5.41, 5.74) is 6.89. The Morgan fingerprint density at radius 1 is 0.716 bits per heavy atom. The molecule has 4 aromatic carbocycles. The summed E-state index contributed by atoms with van der Waals surface area (Å²) in [6.07, 6.45) is -1.29. The van der Waals surface area contributed by atoms with Crippen LogP contribution >= 0.6 is 0 Å². The Morgan fingerprint density at radius 2 is 1.32 bits per heavy atom. The van der Waals surface area contributed by atoms with Gasteiger partial charge in [0.15, 0.2) is 0 Å². The van der Waals surface area contributed by atoms with Crippen molar-refractivity contribution in [1.29, 1.82) is 0 Å². The number of ether oxygens (including phenoxy) is 2. The Labute approximate surface area is 544 Å². The minimum atomic E-state index is -1.88. The molecule has 2 saturated heterocycles. The third kappa shape index (κ3) is 17.2. The molecule has 25 nitrogen and oxygen atoms in total. The van der Waals surface area contributed by atoms with E-state index in [0.717, 1.165) is 4.90 Å². The van der Waals surface area contributed by atoms with Crippen molar-refractivity contribution in [2.24, 2.45) is 5.73 Å². The van der Waals surface area contributed by atoms with Gasteiger partial charge in [-0.2, -0.15) is 0 Å². The summed E-state index contributed by atoms with van der Waals surface area (Å²) < 4.78 is 56.9. The number of benzene rings is 4. The number of nitrogens with two attached hydrogens (primary N) is 1. The number of H-pyrrole nitrogens is 2. The molecule has 10 rings (SSSR count). The summed E-state index contributed by atoms with van der Waals surface area (Å²) in [6, 6.07) is 9.96. The van der Waals surface area contributed by atoms with Crippen molar-refractivity contribution in [2.45, 2.75) is 152 Å². The first kappa shape index (κ1) is 69.4. The van der Waals surface area contributed by atoms with Gasteiger partial charge < -0.3 is 77.3 Å². The molecule has 506 valence electrons. The first-order valence-electron chi connectivity index (χ1n) is 31.6. The molecule has 0 radical (unpaired) electrons. The van der Waals surface area contributed by atoms with Crippen molar-refractivity contribution < 1.29 is 75.7 Å². The number of fused-ring (bicyclic) bond motifs is 31. The summed E-state index contributed by atoms with van der Waals surface area (Å²) in [5, 5.41) is 30.5. The average Bonchev–Trinajstić information content (AvgIpc) is 1.72. The number of nitrogens with one attached hydrogen (secondary N) is 9. The largest absolute Gasteiger partial charge is 0.497 e. The van der Waals surface area contributed by atoms with Crippen molar-refractivity contribution in [2.75, 3.05) is 33.4 Å². The Morgan fingerprint density at radius 3 is 1.94 bits per heavy atom. The maximum Gasteiger partial charge on any atom is 0.246 e. The quantitative estimate of drug-likeness (QED) is 0.0928. The summed E-state index contributed by atoms with van der Waals surface area (Å²) in [4.78, 5) is 151. The highest BCUT2D eigenvalue weighted by Crippen LogP contribution is 2.32. The van der Waals surface area contributed by atoms with E-state index >= 15 is 18.8 Å². The normalized spacial score (nSPS) is 25.2. The zero-order valence-electron chi connectivity index (χ0n) is 53.0. The number of aromatic amines is 2. The number of hydrogen-bond acceptors (Lipinski definition) is 13. The first-order chi connectivity index (χ1) is 45.4. The summed E-state index contributed by atoms with van der Waals surface area (Å²) in [5.74, 6) is -8.68. The van der Waals surface area contributed by atoms with Crippen LogP contribution in [0.3, 0.4) is 0 Å². The van der Waals surface area contributed by atoms with Crippen molar-refractivity contribution in [3.8, 4) is 11.5 Å². The fraction of sp³-hybridized carbons (Fsp3) is 0.433. The van der Waals surface area contributed by atoms with Crippen LogP contribution in [0.5, 0.6) is 11.5 Å². The van der Waals surface area contributed by atoms with E-state index in [0.29, 0.717) is 62.8 Å². The molecule has 0 saturated carbocycles. The summed E-state index contributed by atoms with van der Waals surface area (Å²) >= 11 is 0. The van der Waals surface area contributed by atoms with Crippen LogP contribution in [0, 0.1) is 11.6 Å². The van der Waals surface area contributed by atoms with Gasteiger partial charge in [-0.3, -0.25) is 47.9 Å². The highest BCUT2D eigenvalue weighted by Gasteiger charge is 2.49. The fourth-order valence-corrected chi connectivity index (χ4v) is 12.3. The number of methoxy groups -OCH3 is 1. The second kappa shape index (κ2) is 30.8. The molecule has 2 bridgehead atoms. The van der Waals surface area contributed by atoms with E-state index in [1.165, 1.54) is 81.6 Å². The van der Waals surface area contributed by atoms with Crippen LogP contribution < -0.4 is 52.4 Å². The van der Waals surface area contributed by atoms with E-state index in [4.69, 9.17) is 15.2 Å². The first-order valence-corrected chi connectivity index (χ1v) is 31.6. The molecule has 4 aliphatic heterocycles. The lowest BCUT2D eigenvalue weighted by Gasteiger charge is -2.37. The lowest BCUT2D eigenvalue weighted by molar-refractivity contribution is -0.147. The standard InChI is InChI=1S/C67H79F3N12O13/c1-36-60(87)76-52(28-40-33-73-49-20-14-42(68)30-47(40)49)61(88)77-54(29-41-34-74-50-21-15-43(69)31-48(41)50)64(91)81-35-44(70)32-55(81)62(89)80-58(37(2)83)63(90)78-53(27-39-10-16-45(94-4)17-11-39)65(92)82-24-7-22-67(82,3)66(93)79-51(59(71)86)26-38-12-18-46(19-13-38)95-25-23-72-56(84)8-5-6-9-57(85)75-36/h10-21,30-31,33-34,36-37,44,51-55,58,73-74,83H,5-9,22-29,32,35H2,1-4H3,(H2,71,86)(H,72,84)(H,75,85)(H,76,87)(H,77,88)(H,78,90)(H,79,93)(H,80,89)/t36-,37+,44+,51+,52+,53+,54+,55+,58+,67+/m1/s1. The maximum atomic E-state index is 16.0. The van der Waals surface area contributed by atoms with E-state index in [-0.39, 0.29) is 76.1 Å². The highest BCUT2D eigenvalue weighted by molar-refractivity contribution is 6.00. The number of carbonyl (C=O) groups is 10. The number of alkyl halides is 1. The summed E-state index contributed by atoms with van der Waals surface area (Å²) in [7, 11) is 1.46. The van der Waals surface area contributed by atoms with Crippen LogP contribution in [0.2, 0.25) is 0 Å². The monoisotopic (exact) mass is 1320 g/mol. The van der Waals surface area contributed by atoms with E-state index < -0.39 is 144 Å². The van der Waals surface area contributed by atoms with Crippen molar-refractivity contribution in [1.82, 2.24) is 57.0 Å². The molecule has 6 aromatic rings. The Bertz CT molecular complexity index is 3830. The molecule has 0 unspecified atom stereocenters. The van der Waals surface area contributed by atoms with Gasteiger partial charge in [-0.05, 0) is 129 Å². The number of nitrogens with zero attached hydrogens (tertiary/aromatic N) is 2. The molecule has 4 aliphatic rings. The topological polar surface area (TPSA) is 358 Å². The number of aliphatic hydroxyl groups excluding tert-OH is 1. The van der Waals surface area contributed by atoms with Gasteiger partial charge in [0, 0.05) is 85.7 Å². The zero-order valence-corrected chi connectivity index (χ0v) is 53.0. The van der Waals surface area contributed by atoms with E-state index in [9.17, 15) is 47.4 Å². The number of aromatic nitrogens is 2. The van der Waals surface area contributed by atoms with E-state index in [1.54, 1.807) is 48.5 Å². The predicted molar refractivity (Wildman–Crippen MR) is 340 cm³/mol. The number of hydrogen-bond donors (Lipinski definition) is 11. The Hall–Kier alpha value is -9.99. The number of carbonyl (C=O) groups excluding carboxylic acids is 10. The molecular formula is C67H79F3N12O13. The van der Waals surface area contributed by atoms with Crippen LogP contribution in [-0.2, 0) is 73.6 Å². The second-order valence-corrected chi connectivity index (χ2v) is 24.6. The third-order valence-corrected chi connectivity index (χ3v) is 17.6. The van der Waals surface area contributed by atoms with Gasteiger partial charge in [0.25, 0.3) is 0 Å². The number of rotatable bonds is 9. The SMILES string of the molecule is COc1ccc(C[C@@H]2NC(=O)[C@H]([C@H](C)O)NC(=O)[C@@H]3C[C@H](F)CN3C(=O)[C@H](Cc3c[nH]c4ccc(F)cc34)NC(=O)[C@H](Cc3c[nH]c4ccc(F)cc34)NC(=O)[C@@H](C)NC(=O)CCCCC(=O)NCCOc3ccc(cc3)C[C@@H](C(N)=O)NC(=O)[C@]3(C)CCCN3C2=O)cc1. The molecule has 10 amide bonds. The fourth-order valence-electron chi connectivity index (χ4n) is 12.3. The molecular weight excluding hydrogens is 1240 g/mol.